The van der Waals surface area contributed by atoms with Crippen molar-refractivity contribution in [3.05, 3.63) is 35.3 Å². The molecule has 0 amide bonds. The minimum atomic E-state index is -0.394. The average Bonchev–Trinajstić information content (AvgIpc) is 2.85. The smallest absolute Gasteiger partial charge is 0.340 e. The van der Waals surface area contributed by atoms with E-state index in [0.717, 1.165) is 42.3 Å². The molecule has 0 aliphatic heterocycles. The maximum atomic E-state index is 13.8. The monoisotopic (exact) mass is 333 g/mol. The van der Waals surface area contributed by atoms with Crippen LogP contribution in [-0.4, -0.2) is 28.9 Å². The lowest BCUT2D eigenvalue weighted by Crippen LogP contribution is -2.25. The number of carbonyl (C=O) groups excluding carboxylic acids is 1. The maximum Gasteiger partial charge on any atom is 0.340 e. The number of aromatic nitrogens is 1. The molecule has 0 bridgehead atoms. The van der Waals surface area contributed by atoms with Crippen LogP contribution in [0.25, 0.3) is 10.9 Å². The van der Waals surface area contributed by atoms with Gasteiger partial charge in [0.25, 0.3) is 0 Å². The first kappa shape index (κ1) is 17.0. The Bertz CT molecular complexity index is 760. The van der Waals surface area contributed by atoms with Crippen LogP contribution in [0.5, 0.6) is 0 Å². The van der Waals surface area contributed by atoms with E-state index in [0.29, 0.717) is 11.5 Å². The fourth-order valence-electron chi connectivity index (χ4n) is 4.09. The summed E-state index contributed by atoms with van der Waals surface area (Å²) < 4.78 is 20.8. The van der Waals surface area contributed by atoms with Crippen LogP contribution in [-0.2, 0) is 4.74 Å². The number of rotatable bonds is 3. The number of benzene rings is 1. The van der Waals surface area contributed by atoms with Gasteiger partial charge in [-0.3, -0.25) is 0 Å². The minimum absolute atomic E-state index is 0.125. The second-order valence-electron chi connectivity index (χ2n) is 6.79. The fourth-order valence-corrected chi connectivity index (χ4v) is 4.09. The number of aliphatic hydroxyl groups is 1. The van der Waals surface area contributed by atoms with E-state index in [2.05, 4.69) is 11.5 Å². The van der Waals surface area contributed by atoms with Crippen LogP contribution < -0.4 is 0 Å². The van der Waals surface area contributed by atoms with Crippen molar-refractivity contribution in [3.63, 3.8) is 0 Å². The lowest BCUT2D eigenvalue weighted by Gasteiger charge is -2.32. The second-order valence-corrected chi connectivity index (χ2v) is 6.79. The van der Waals surface area contributed by atoms with Gasteiger partial charge in [0.2, 0.25) is 0 Å². The molecule has 0 radical (unpaired) electrons. The van der Waals surface area contributed by atoms with Crippen molar-refractivity contribution in [2.45, 2.75) is 51.7 Å². The highest BCUT2D eigenvalue weighted by Crippen LogP contribution is 2.38. The third-order valence-corrected chi connectivity index (χ3v) is 5.43. The number of aliphatic hydroxyl groups excluding tert-OH is 1. The van der Waals surface area contributed by atoms with Crippen molar-refractivity contribution in [1.29, 1.82) is 0 Å². The molecule has 1 aromatic carbocycles. The Hall–Kier alpha value is -1.88. The van der Waals surface area contributed by atoms with E-state index in [-0.39, 0.29) is 18.0 Å². The number of methoxy groups -OCH3 is 1. The van der Waals surface area contributed by atoms with E-state index in [1.165, 1.54) is 19.2 Å². The van der Waals surface area contributed by atoms with Crippen molar-refractivity contribution in [2.24, 2.45) is 5.92 Å². The number of esters is 1. The predicted octanol–water partition coefficient (Wildman–Crippen LogP) is 3.99. The van der Waals surface area contributed by atoms with E-state index < -0.39 is 5.97 Å². The molecule has 1 atom stereocenters. The molecule has 0 saturated heterocycles. The van der Waals surface area contributed by atoms with Crippen LogP contribution in [0.4, 0.5) is 4.39 Å². The molecule has 1 aliphatic carbocycles. The van der Waals surface area contributed by atoms with Gasteiger partial charge in [-0.2, -0.15) is 0 Å². The van der Waals surface area contributed by atoms with Gasteiger partial charge in [-0.1, -0.05) is 0 Å². The lowest BCUT2D eigenvalue weighted by molar-refractivity contribution is 0.0601. The number of fused-ring (bicyclic) bond motifs is 1. The minimum Gasteiger partial charge on any atom is -0.465 e. The van der Waals surface area contributed by atoms with Gasteiger partial charge in [-0.25, -0.2) is 9.18 Å². The Morgan fingerprint density at radius 2 is 2.00 bits per heavy atom. The highest BCUT2D eigenvalue weighted by molar-refractivity contribution is 6.06. The van der Waals surface area contributed by atoms with E-state index in [1.807, 2.05) is 6.92 Å². The van der Waals surface area contributed by atoms with Gasteiger partial charge in [0.1, 0.15) is 5.82 Å². The summed E-state index contributed by atoms with van der Waals surface area (Å²) in [7, 11) is 1.36. The molecule has 130 valence electrons. The highest BCUT2D eigenvalue weighted by Gasteiger charge is 2.29. The molecule has 1 saturated carbocycles. The Morgan fingerprint density at radius 1 is 1.33 bits per heavy atom. The van der Waals surface area contributed by atoms with Crippen LogP contribution in [0, 0.1) is 18.7 Å². The quantitative estimate of drug-likeness (QED) is 0.864. The van der Waals surface area contributed by atoms with Crippen LogP contribution >= 0.6 is 0 Å². The number of hydrogen-bond acceptors (Lipinski definition) is 3. The van der Waals surface area contributed by atoms with Gasteiger partial charge < -0.3 is 14.4 Å². The molecule has 1 heterocycles. The molecular weight excluding hydrogens is 309 g/mol. The number of halogens is 1. The van der Waals surface area contributed by atoms with Gasteiger partial charge in [-0.15, -0.1) is 0 Å². The van der Waals surface area contributed by atoms with Crippen LogP contribution in [0.2, 0.25) is 0 Å². The largest absolute Gasteiger partial charge is 0.465 e. The van der Waals surface area contributed by atoms with Gasteiger partial charge >= 0.3 is 5.97 Å². The van der Waals surface area contributed by atoms with E-state index in [9.17, 15) is 14.3 Å². The lowest BCUT2D eigenvalue weighted by atomic mass is 9.83. The zero-order chi connectivity index (χ0) is 17.4. The third kappa shape index (κ3) is 2.81. The van der Waals surface area contributed by atoms with E-state index >= 15 is 0 Å². The summed E-state index contributed by atoms with van der Waals surface area (Å²) in [6, 6.07) is 4.64. The highest BCUT2D eigenvalue weighted by atomic mass is 19.1. The second kappa shape index (κ2) is 6.55. The Balaban J connectivity index is 2.11. The van der Waals surface area contributed by atoms with Gasteiger partial charge in [0.15, 0.2) is 0 Å². The standard InChI is InChI=1S/C19H24FNO3/c1-11(13-4-7-15(22)8-5-13)21-12(2)18(19(23)24-3)16-9-6-14(20)10-17(16)21/h6,9-11,13,15,22H,4-5,7-8H2,1-3H3. The Morgan fingerprint density at radius 3 is 2.62 bits per heavy atom. The number of ether oxygens (including phenoxy) is 1. The molecule has 1 fully saturated rings. The van der Waals surface area contributed by atoms with E-state index in [4.69, 9.17) is 4.74 Å². The molecule has 0 spiro atoms. The van der Waals surface area contributed by atoms with Gasteiger partial charge in [0.05, 0.1) is 24.3 Å². The SMILES string of the molecule is COC(=O)c1c(C)n(C(C)C2CCC(O)CC2)c2cc(F)ccc12. The summed E-state index contributed by atoms with van der Waals surface area (Å²) in [5, 5.41) is 10.5. The van der Waals surface area contributed by atoms with E-state index in [1.54, 1.807) is 6.07 Å². The first-order valence-corrected chi connectivity index (χ1v) is 8.50. The summed E-state index contributed by atoms with van der Waals surface area (Å²) in [6.07, 6.45) is 3.25. The summed E-state index contributed by atoms with van der Waals surface area (Å²) >= 11 is 0. The molecule has 3 rings (SSSR count). The van der Waals surface area contributed by atoms with Crippen molar-refractivity contribution in [2.75, 3.05) is 7.11 Å². The van der Waals surface area contributed by atoms with Crippen LogP contribution in [0.3, 0.4) is 0 Å². The fraction of sp³-hybridized carbons (Fsp3) is 0.526. The van der Waals surface area contributed by atoms with Gasteiger partial charge in [-0.05, 0) is 63.6 Å². The number of nitrogens with zero attached hydrogens (tertiary/aromatic N) is 1. The van der Waals surface area contributed by atoms with Gasteiger partial charge in [0, 0.05) is 17.1 Å². The molecule has 1 N–H and O–H groups in total. The van der Waals surface area contributed by atoms with Crippen LogP contribution in [0.15, 0.2) is 18.2 Å². The summed E-state index contributed by atoms with van der Waals surface area (Å²) in [5.74, 6) is -0.311. The molecule has 5 heteroatoms. The predicted molar refractivity (Wildman–Crippen MR) is 90.6 cm³/mol. The van der Waals surface area contributed by atoms with Crippen molar-refractivity contribution < 1.29 is 19.0 Å². The first-order valence-electron chi connectivity index (χ1n) is 8.50. The Labute approximate surface area is 141 Å². The molecular formula is C19H24FNO3. The maximum absolute atomic E-state index is 13.8. The normalized spacial score (nSPS) is 22.5. The van der Waals surface area contributed by atoms with Crippen molar-refractivity contribution in [3.8, 4) is 0 Å². The number of carbonyl (C=O) groups is 1. The molecule has 1 aromatic heterocycles. The molecule has 1 aliphatic rings. The van der Waals surface area contributed by atoms with Crippen molar-refractivity contribution in [1.82, 2.24) is 4.57 Å². The first-order chi connectivity index (χ1) is 11.4. The number of hydrogen-bond donors (Lipinski definition) is 1. The Kier molecular flexibility index (Phi) is 4.63. The summed E-state index contributed by atoms with van der Waals surface area (Å²) in [4.78, 5) is 12.2. The summed E-state index contributed by atoms with van der Waals surface area (Å²) in [5.41, 5.74) is 2.04. The topological polar surface area (TPSA) is 51.5 Å². The molecule has 4 nitrogen and oxygen atoms in total. The zero-order valence-corrected chi connectivity index (χ0v) is 14.4. The average molecular weight is 333 g/mol. The third-order valence-electron chi connectivity index (χ3n) is 5.43. The summed E-state index contributed by atoms with van der Waals surface area (Å²) in [6.45, 7) is 4.00. The van der Waals surface area contributed by atoms with Crippen molar-refractivity contribution >= 4 is 16.9 Å². The molecule has 2 aromatic rings. The zero-order valence-electron chi connectivity index (χ0n) is 14.4. The van der Waals surface area contributed by atoms with Crippen LogP contribution in [0.1, 0.15) is 54.7 Å². The molecule has 1 unspecified atom stereocenters. The molecule has 24 heavy (non-hydrogen) atoms.